The summed E-state index contributed by atoms with van der Waals surface area (Å²) in [5.74, 6) is -1.18. The third kappa shape index (κ3) is 9.46. The van der Waals surface area contributed by atoms with E-state index < -0.39 is 41.6 Å². The lowest BCUT2D eigenvalue weighted by molar-refractivity contribution is -0.148. The van der Waals surface area contributed by atoms with E-state index in [1.165, 1.54) is 12.1 Å². The lowest BCUT2D eigenvalue weighted by atomic mass is 9.86. The molecule has 3 amide bonds. The molecule has 234 valence electrons. The first kappa shape index (κ1) is 33.4. The fraction of sp³-hybridized carbons (Fsp3) is 0.515. The number of aryl methyl sites for hydroxylation is 2. The Labute approximate surface area is 254 Å². The first-order valence-corrected chi connectivity index (χ1v) is 14.9. The Hall–Kier alpha value is -4.08. The maximum atomic E-state index is 14.6. The predicted octanol–water partition coefficient (Wildman–Crippen LogP) is 4.64. The number of alkyl carbamates (subject to hydrolysis) is 1. The van der Waals surface area contributed by atoms with Crippen molar-refractivity contribution in [2.75, 3.05) is 13.2 Å². The topological polar surface area (TPSA) is 134 Å². The fourth-order valence-electron chi connectivity index (χ4n) is 5.15. The average Bonchev–Trinajstić information content (AvgIpc) is 2.88. The molecule has 10 heteroatoms. The molecule has 2 atom stereocenters. The normalized spacial score (nSPS) is 14.6. The smallest absolute Gasteiger partial charge is 0.408 e. The highest BCUT2D eigenvalue weighted by Gasteiger charge is 2.43. The van der Waals surface area contributed by atoms with Crippen molar-refractivity contribution in [3.05, 3.63) is 64.7 Å². The molecule has 10 nitrogen and oxygen atoms in total. The van der Waals surface area contributed by atoms with E-state index in [0.717, 1.165) is 17.5 Å². The molecule has 0 aromatic heterocycles. The van der Waals surface area contributed by atoms with E-state index in [9.17, 15) is 24.3 Å². The van der Waals surface area contributed by atoms with E-state index in [1.807, 2.05) is 32.0 Å². The van der Waals surface area contributed by atoms with Gasteiger partial charge in [0, 0.05) is 19.0 Å². The Morgan fingerprint density at radius 3 is 2.19 bits per heavy atom. The molecule has 2 aromatic rings. The maximum Gasteiger partial charge on any atom is 0.408 e. The van der Waals surface area contributed by atoms with Crippen LogP contribution in [-0.4, -0.2) is 64.7 Å². The molecule has 0 spiro atoms. The Balaban J connectivity index is 2.04. The Morgan fingerprint density at radius 1 is 1.02 bits per heavy atom. The number of phenolic OH excluding ortho intramolecular Hbond substituents is 1. The van der Waals surface area contributed by atoms with Crippen LogP contribution in [0.15, 0.2) is 42.5 Å². The standard InChI is InChI=1S/C33H45N3O7/c1-7-42-27(38)18-19-34-30(39)29(28-21(2)10-8-11-22(28)3)36(24-12-9-13-24)31(40)26(35-32(41)43-33(4,5)6)20-23-14-16-25(37)17-15-23/h8,10-11,14-17,24,26,29,37H,7,9,12-13,18-20H2,1-6H3,(H,34,39)(H,35,41). The van der Waals surface area contributed by atoms with Crippen LogP contribution in [0, 0.1) is 13.8 Å². The number of phenols is 1. The minimum absolute atomic E-state index is 0.000105. The molecule has 2 aromatic carbocycles. The van der Waals surface area contributed by atoms with Crippen molar-refractivity contribution in [2.24, 2.45) is 0 Å². The summed E-state index contributed by atoms with van der Waals surface area (Å²) in [6.45, 7) is 11.0. The molecular formula is C33H45N3O7. The van der Waals surface area contributed by atoms with Crippen molar-refractivity contribution in [1.29, 1.82) is 0 Å². The molecule has 43 heavy (non-hydrogen) atoms. The van der Waals surface area contributed by atoms with Crippen LogP contribution in [0.2, 0.25) is 0 Å². The highest BCUT2D eigenvalue weighted by atomic mass is 16.6. The monoisotopic (exact) mass is 595 g/mol. The van der Waals surface area contributed by atoms with E-state index in [-0.39, 0.29) is 37.8 Å². The van der Waals surface area contributed by atoms with Crippen molar-refractivity contribution in [2.45, 2.75) is 97.4 Å². The van der Waals surface area contributed by atoms with Gasteiger partial charge in [0.2, 0.25) is 11.8 Å². The Bertz CT molecular complexity index is 1260. The van der Waals surface area contributed by atoms with Gasteiger partial charge in [0.15, 0.2) is 0 Å². The van der Waals surface area contributed by atoms with Gasteiger partial charge < -0.3 is 30.1 Å². The van der Waals surface area contributed by atoms with Crippen LogP contribution in [0.1, 0.15) is 81.7 Å². The van der Waals surface area contributed by atoms with E-state index >= 15 is 0 Å². The molecule has 3 N–H and O–H groups in total. The number of hydrogen-bond acceptors (Lipinski definition) is 7. The summed E-state index contributed by atoms with van der Waals surface area (Å²) in [7, 11) is 0. The summed E-state index contributed by atoms with van der Waals surface area (Å²) < 4.78 is 10.5. The molecule has 0 bridgehead atoms. The van der Waals surface area contributed by atoms with Gasteiger partial charge in [-0.3, -0.25) is 14.4 Å². The lowest BCUT2D eigenvalue weighted by Gasteiger charge is -2.44. The SMILES string of the molecule is CCOC(=O)CCNC(=O)C(c1c(C)cccc1C)N(C(=O)C(Cc1ccc(O)cc1)NC(=O)OC(C)(C)C)C1CCC1. The first-order chi connectivity index (χ1) is 20.3. The second kappa shape index (κ2) is 14.9. The number of hydrogen-bond donors (Lipinski definition) is 3. The number of carbonyl (C=O) groups excluding carboxylic acids is 4. The second-order valence-electron chi connectivity index (χ2n) is 12.0. The van der Waals surface area contributed by atoms with Gasteiger partial charge in [-0.25, -0.2) is 4.79 Å². The molecule has 0 aliphatic heterocycles. The third-order valence-electron chi connectivity index (χ3n) is 7.36. The second-order valence-corrected chi connectivity index (χ2v) is 12.0. The van der Waals surface area contributed by atoms with Gasteiger partial charge in [-0.05, 0) is 95.2 Å². The maximum absolute atomic E-state index is 14.6. The number of ether oxygens (including phenoxy) is 2. The van der Waals surface area contributed by atoms with E-state index in [4.69, 9.17) is 9.47 Å². The van der Waals surface area contributed by atoms with Crippen molar-refractivity contribution in [3.63, 3.8) is 0 Å². The van der Waals surface area contributed by atoms with Crippen molar-refractivity contribution < 1.29 is 33.8 Å². The largest absolute Gasteiger partial charge is 0.508 e. The van der Waals surface area contributed by atoms with E-state index in [2.05, 4.69) is 10.6 Å². The van der Waals surface area contributed by atoms with Gasteiger partial charge in [-0.15, -0.1) is 0 Å². The van der Waals surface area contributed by atoms with Crippen LogP contribution in [0.25, 0.3) is 0 Å². The number of carbonyl (C=O) groups is 4. The average molecular weight is 596 g/mol. The molecule has 1 aliphatic rings. The summed E-state index contributed by atoms with van der Waals surface area (Å²) in [4.78, 5) is 55.2. The Kier molecular flexibility index (Phi) is 11.6. The molecule has 0 saturated heterocycles. The molecule has 1 saturated carbocycles. The first-order valence-electron chi connectivity index (χ1n) is 14.9. The van der Waals surface area contributed by atoms with Crippen molar-refractivity contribution >= 4 is 23.9 Å². The van der Waals surface area contributed by atoms with Gasteiger partial charge in [0.1, 0.15) is 23.4 Å². The molecule has 2 unspecified atom stereocenters. The van der Waals surface area contributed by atoms with Gasteiger partial charge in [-0.1, -0.05) is 30.3 Å². The zero-order valence-corrected chi connectivity index (χ0v) is 26.1. The highest BCUT2D eigenvalue weighted by molar-refractivity contribution is 5.93. The number of nitrogens with one attached hydrogen (secondary N) is 2. The highest BCUT2D eigenvalue weighted by Crippen LogP contribution is 2.36. The van der Waals surface area contributed by atoms with Gasteiger partial charge in [-0.2, -0.15) is 0 Å². The number of rotatable bonds is 12. The predicted molar refractivity (Wildman–Crippen MR) is 162 cm³/mol. The van der Waals surface area contributed by atoms with Gasteiger partial charge >= 0.3 is 12.1 Å². The molecule has 0 heterocycles. The number of nitrogens with zero attached hydrogens (tertiary/aromatic N) is 1. The van der Waals surface area contributed by atoms with E-state index in [0.29, 0.717) is 24.0 Å². The van der Waals surface area contributed by atoms with Crippen LogP contribution in [0.4, 0.5) is 4.79 Å². The van der Waals surface area contributed by atoms with Crippen LogP contribution in [0.5, 0.6) is 5.75 Å². The summed E-state index contributed by atoms with van der Waals surface area (Å²) in [5, 5.41) is 15.4. The third-order valence-corrected chi connectivity index (χ3v) is 7.36. The minimum Gasteiger partial charge on any atom is -0.508 e. The summed E-state index contributed by atoms with van der Waals surface area (Å²) in [6.07, 6.45) is 1.69. The summed E-state index contributed by atoms with van der Waals surface area (Å²) >= 11 is 0. The van der Waals surface area contributed by atoms with Crippen molar-refractivity contribution in [3.8, 4) is 5.75 Å². The number of esters is 1. The number of aromatic hydroxyl groups is 1. The molecular weight excluding hydrogens is 550 g/mol. The van der Waals surface area contributed by atoms with E-state index in [1.54, 1.807) is 44.7 Å². The number of amides is 3. The van der Waals surface area contributed by atoms with Gasteiger partial charge in [0.25, 0.3) is 0 Å². The molecule has 1 fully saturated rings. The summed E-state index contributed by atoms with van der Waals surface area (Å²) in [5.41, 5.74) is 2.32. The Morgan fingerprint density at radius 2 is 1.65 bits per heavy atom. The van der Waals surface area contributed by atoms with Gasteiger partial charge in [0.05, 0.1) is 13.0 Å². The molecule has 3 rings (SSSR count). The molecule has 1 aliphatic carbocycles. The van der Waals surface area contributed by atoms with Crippen molar-refractivity contribution in [1.82, 2.24) is 15.5 Å². The zero-order valence-electron chi connectivity index (χ0n) is 26.1. The van der Waals surface area contributed by atoms with Crippen LogP contribution in [-0.2, 0) is 30.3 Å². The quantitative estimate of drug-likeness (QED) is 0.305. The number of benzene rings is 2. The zero-order chi connectivity index (χ0) is 31.7. The minimum atomic E-state index is -1.06. The van der Waals surface area contributed by atoms with Crippen LogP contribution >= 0.6 is 0 Å². The van der Waals surface area contributed by atoms with Crippen LogP contribution < -0.4 is 10.6 Å². The summed E-state index contributed by atoms with van der Waals surface area (Å²) in [6, 6.07) is 9.83. The lowest BCUT2D eigenvalue weighted by Crippen LogP contribution is -2.58. The fourth-order valence-corrected chi connectivity index (χ4v) is 5.15. The molecule has 0 radical (unpaired) electrons. The van der Waals surface area contributed by atoms with Crippen LogP contribution in [0.3, 0.4) is 0 Å².